The lowest BCUT2D eigenvalue weighted by atomic mass is 10.1. The largest absolute Gasteiger partial charge is 0.327 e. The number of nitrogens with zero attached hydrogens (tertiary/aromatic N) is 1. The molecule has 1 aromatic rings. The average Bonchev–Trinajstić information content (AvgIpc) is 2.24. The fourth-order valence-electron chi connectivity index (χ4n) is 2.13. The minimum Gasteiger partial charge on any atom is -0.327 e. The number of hydrogen-bond donors (Lipinski definition) is 1. The highest BCUT2D eigenvalue weighted by molar-refractivity contribution is 6.42. The van der Waals surface area contributed by atoms with E-state index in [9.17, 15) is 0 Å². The summed E-state index contributed by atoms with van der Waals surface area (Å²) in [5.74, 6) is 0. The van der Waals surface area contributed by atoms with E-state index in [4.69, 9.17) is 28.9 Å². The van der Waals surface area contributed by atoms with Crippen molar-refractivity contribution in [2.24, 2.45) is 5.73 Å². The van der Waals surface area contributed by atoms with Crippen molar-refractivity contribution in [3.05, 3.63) is 33.8 Å². The predicted octanol–water partition coefficient (Wildman–Crippen LogP) is 3.34. The van der Waals surface area contributed by atoms with E-state index >= 15 is 0 Å². The Morgan fingerprint density at radius 3 is 2.71 bits per heavy atom. The Bertz CT molecular complexity index is 371. The molecule has 17 heavy (non-hydrogen) atoms. The molecule has 1 aliphatic rings. The molecule has 1 aromatic carbocycles. The first kappa shape index (κ1) is 15.1. The average molecular weight is 296 g/mol. The molecule has 1 heterocycles. The Balaban J connectivity index is 0.00000144. The van der Waals surface area contributed by atoms with Crippen LogP contribution < -0.4 is 5.73 Å². The highest BCUT2D eigenvalue weighted by atomic mass is 35.5. The van der Waals surface area contributed by atoms with Crippen LogP contribution in [0, 0.1) is 0 Å². The number of hydrogen-bond acceptors (Lipinski definition) is 2. The molecule has 1 atom stereocenters. The molecule has 0 aromatic heterocycles. The van der Waals surface area contributed by atoms with Gasteiger partial charge in [0.05, 0.1) is 10.0 Å². The number of halogens is 3. The van der Waals surface area contributed by atoms with Crippen LogP contribution in [0.1, 0.15) is 18.4 Å². The van der Waals surface area contributed by atoms with Gasteiger partial charge in [0.15, 0.2) is 0 Å². The fraction of sp³-hybridized carbons (Fsp3) is 0.500. The van der Waals surface area contributed by atoms with E-state index < -0.39 is 0 Å². The molecule has 2 N–H and O–H groups in total. The Morgan fingerprint density at radius 2 is 2.06 bits per heavy atom. The Labute approximate surface area is 118 Å². The van der Waals surface area contributed by atoms with E-state index in [1.165, 1.54) is 12.0 Å². The van der Waals surface area contributed by atoms with Gasteiger partial charge in [-0.2, -0.15) is 0 Å². The van der Waals surface area contributed by atoms with Crippen molar-refractivity contribution >= 4 is 35.6 Å². The minimum absolute atomic E-state index is 0. The molecular formula is C12H17Cl3N2. The van der Waals surface area contributed by atoms with Gasteiger partial charge in [-0.25, -0.2) is 0 Å². The Morgan fingerprint density at radius 1 is 1.29 bits per heavy atom. The fourth-order valence-corrected chi connectivity index (χ4v) is 2.45. The first-order chi connectivity index (χ1) is 7.65. The predicted molar refractivity (Wildman–Crippen MR) is 76.2 cm³/mol. The molecule has 1 aliphatic heterocycles. The summed E-state index contributed by atoms with van der Waals surface area (Å²) >= 11 is 11.9. The second-order valence-electron chi connectivity index (χ2n) is 4.39. The molecule has 5 heteroatoms. The Kier molecular flexibility index (Phi) is 6.04. The molecule has 0 radical (unpaired) electrons. The van der Waals surface area contributed by atoms with Crippen LogP contribution in [0.4, 0.5) is 0 Å². The number of benzene rings is 1. The summed E-state index contributed by atoms with van der Waals surface area (Å²) in [4.78, 5) is 2.37. The van der Waals surface area contributed by atoms with Crippen LogP contribution in [-0.2, 0) is 6.54 Å². The highest BCUT2D eigenvalue weighted by Crippen LogP contribution is 2.23. The van der Waals surface area contributed by atoms with E-state index in [1.54, 1.807) is 0 Å². The molecule has 0 aliphatic carbocycles. The number of rotatable bonds is 2. The van der Waals surface area contributed by atoms with Crippen molar-refractivity contribution in [3.63, 3.8) is 0 Å². The van der Waals surface area contributed by atoms with Crippen LogP contribution in [0.3, 0.4) is 0 Å². The smallest absolute Gasteiger partial charge is 0.0595 e. The van der Waals surface area contributed by atoms with E-state index in [0.29, 0.717) is 16.1 Å². The standard InChI is InChI=1S/C12H16Cl2N2.ClH/c13-11-4-3-9(6-12(11)14)7-16-5-1-2-10(15)8-16;/h3-4,6,10H,1-2,5,7-8,15H2;1H/t10-;/m1./s1. The van der Waals surface area contributed by atoms with Crippen molar-refractivity contribution in [1.82, 2.24) is 4.90 Å². The van der Waals surface area contributed by atoms with Gasteiger partial charge >= 0.3 is 0 Å². The summed E-state index contributed by atoms with van der Waals surface area (Å²) in [6.07, 6.45) is 2.32. The van der Waals surface area contributed by atoms with Gasteiger partial charge in [-0.15, -0.1) is 12.4 Å². The van der Waals surface area contributed by atoms with E-state index in [0.717, 1.165) is 26.1 Å². The number of piperidine rings is 1. The van der Waals surface area contributed by atoms with Gasteiger partial charge in [-0.3, -0.25) is 4.90 Å². The molecule has 2 nitrogen and oxygen atoms in total. The van der Waals surface area contributed by atoms with Crippen LogP contribution in [0.2, 0.25) is 10.0 Å². The summed E-state index contributed by atoms with van der Waals surface area (Å²) in [5.41, 5.74) is 7.14. The quantitative estimate of drug-likeness (QED) is 0.907. The van der Waals surface area contributed by atoms with Gasteiger partial charge in [-0.05, 0) is 37.1 Å². The third kappa shape index (κ3) is 4.31. The van der Waals surface area contributed by atoms with Gasteiger partial charge in [0.25, 0.3) is 0 Å². The van der Waals surface area contributed by atoms with Crippen LogP contribution in [0.15, 0.2) is 18.2 Å². The maximum atomic E-state index is 5.99. The molecule has 0 amide bonds. The van der Waals surface area contributed by atoms with Gasteiger partial charge in [0.2, 0.25) is 0 Å². The van der Waals surface area contributed by atoms with Crippen molar-refractivity contribution in [2.45, 2.75) is 25.4 Å². The van der Waals surface area contributed by atoms with Crippen LogP contribution >= 0.6 is 35.6 Å². The van der Waals surface area contributed by atoms with Crippen molar-refractivity contribution < 1.29 is 0 Å². The lowest BCUT2D eigenvalue weighted by Gasteiger charge is -2.30. The van der Waals surface area contributed by atoms with Crippen LogP contribution in [-0.4, -0.2) is 24.0 Å². The minimum atomic E-state index is 0. The molecule has 1 saturated heterocycles. The third-order valence-corrected chi connectivity index (χ3v) is 3.67. The molecule has 0 spiro atoms. The van der Waals surface area contributed by atoms with Gasteiger partial charge < -0.3 is 5.73 Å². The summed E-state index contributed by atoms with van der Waals surface area (Å²) in [6, 6.07) is 6.12. The number of nitrogens with two attached hydrogens (primary N) is 1. The van der Waals surface area contributed by atoms with Gasteiger partial charge in [0, 0.05) is 19.1 Å². The highest BCUT2D eigenvalue weighted by Gasteiger charge is 2.16. The van der Waals surface area contributed by atoms with Gasteiger partial charge in [-0.1, -0.05) is 29.3 Å². The molecule has 96 valence electrons. The maximum absolute atomic E-state index is 5.99. The molecule has 1 fully saturated rings. The summed E-state index contributed by atoms with van der Waals surface area (Å²) in [5, 5.41) is 1.24. The van der Waals surface area contributed by atoms with Crippen molar-refractivity contribution in [3.8, 4) is 0 Å². The topological polar surface area (TPSA) is 29.3 Å². The van der Waals surface area contributed by atoms with Crippen molar-refractivity contribution in [1.29, 1.82) is 0 Å². The van der Waals surface area contributed by atoms with E-state index in [2.05, 4.69) is 4.90 Å². The van der Waals surface area contributed by atoms with Gasteiger partial charge in [0.1, 0.15) is 0 Å². The van der Waals surface area contributed by atoms with Crippen molar-refractivity contribution in [2.75, 3.05) is 13.1 Å². The lowest BCUT2D eigenvalue weighted by molar-refractivity contribution is 0.201. The Hall–Kier alpha value is 0.01000. The van der Waals surface area contributed by atoms with Crippen LogP contribution in [0.5, 0.6) is 0 Å². The zero-order valence-electron chi connectivity index (χ0n) is 9.53. The molecular weight excluding hydrogens is 279 g/mol. The summed E-state index contributed by atoms with van der Waals surface area (Å²) in [7, 11) is 0. The molecule has 2 rings (SSSR count). The normalized spacial score (nSPS) is 21.0. The summed E-state index contributed by atoms with van der Waals surface area (Å²) < 4.78 is 0. The monoisotopic (exact) mass is 294 g/mol. The molecule has 0 unspecified atom stereocenters. The third-order valence-electron chi connectivity index (χ3n) is 2.93. The number of likely N-dealkylation sites (tertiary alicyclic amines) is 1. The zero-order valence-corrected chi connectivity index (χ0v) is 11.9. The maximum Gasteiger partial charge on any atom is 0.0595 e. The first-order valence-electron chi connectivity index (χ1n) is 5.57. The van der Waals surface area contributed by atoms with Crippen LogP contribution in [0.25, 0.3) is 0 Å². The lowest BCUT2D eigenvalue weighted by Crippen LogP contribution is -2.42. The second-order valence-corrected chi connectivity index (χ2v) is 5.20. The molecule has 0 bridgehead atoms. The zero-order chi connectivity index (χ0) is 11.5. The second kappa shape index (κ2) is 6.81. The summed E-state index contributed by atoms with van der Waals surface area (Å²) in [6.45, 7) is 3.00. The van der Waals surface area contributed by atoms with E-state index in [-0.39, 0.29) is 12.4 Å². The van der Waals surface area contributed by atoms with E-state index in [1.807, 2.05) is 18.2 Å². The SMILES string of the molecule is Cl.N[C@@H]1CCCN(Cc2ccc(Cl)c(Cl)c2)C1. The molecule has 0 saturated carbocycles. The first-order valence-corrected chi connectivity index (χ1v) is 6.32.